The van der Waals surface area contributed by atoms with Crippen molar-refractivity contribution in [1.29, 1.82) is 0 Å². The van der Waals surface area contributed by atoms with Gasteiger partial charge < -0.3 is 0 Å². The number of rotatable bonds is 0. The minimum absolute atomic E-state index is 0.244. The molecule has 2 rings (SSSR count). The summed E-state index contributed by atoms with van der Waals surface area (Å²) in [5.74, 6) is -0.378. The molecule has 0 amide bonds. The van der Waals surface area contributed by atoms with E-state index in [1.165, 1.54) is 16.9 Å². The number of hydrogen-bond donors (Lipinski definition) is 0. The first-order valence-corrected chi connectivity index (χ1v) is 3.71. The quantitative estimate of drug-likeness (QED) is 0.669. The number of pyridine rings is 1. The van der Waals surface area contributed by atoms with Gasteiger partial charge in [-0.3, -0.25) is 0 Å². The van der Waals surface area contributed by atoms with Crippen molar-refractivity contribution in [2.45, 2.75) is 0 Å². The summed E-state index contributed by atoms with van der Waals surface area (Å²) >= 11 is 3.14. The normalized spacial score (nSPS) is 10.7. The molecule has 0 aliphatic heterocycles. The van der Waals surface area contributed by atoms with Crippen molar-refractivity contribution in [3.8, 4) is 0 Å². The van der Waals surface area contributed by atoms with E-state index in [4.69, 9.17) is 0 Å². The van der Waals surface area contributed by atoms with Crippen LogP contribution in [-0.4, -0.2) is 14.6 Å². The van der Waals surface area contributed by atoms with E-state index >= 15 is 0 Å². The summed E-state index contributed by atoms with van der Waals surface area (Å²) < 4.78 is 14.9. The summed E-state index contributed by atoms with van der Waals surface area (Å²) in [4.78, 5) is 3.72. The summed E-state index contributed by atoms with van der Waals surface area (Å²) in [6.07, 6.45) is 2.95. The summed E-state index contributed by atoms with van der Waals surface area (Å²) in [6.45, 7) is 0. The third kappa shape index (κ3) is 1.01. The van der Waals surface area contributed by atoms with E-state index in [0.29, 0.717) is 4.47 Å². The van der Waals surface area contributed by atoms with Gasteiger partial charge in [-0.2, -0.15) is 5.10 Å². The van der Waals surface area contributed by atoms with Crippen LogP contribution in [0.3, 0.4) is 0 Å². The Labute approximate surface area is 70.0 Å². The molecular weight excluding hydrogens is 213 g/mol. The molecule has 0 spiro atoms. The maximum Gasteiger partial charge on any atom is 0.191 e. The number of hydrogen-bond acceptors (Lipinski definition) is 2. The predicted octanol–water partition coefficient (Wildman–Crippen LogP) is 1.63. The molecule has 0 saturated carbocycles. The van der Waals surface area contributed by atoms with Gasteiger partial charge in [-0.05, 0) is 22.0 Å². The van der Waals surface area contributed by atoms with Crippen LogP contribution in [0.1, 0.15) is 0 Å². The SMILES string of the molecule is Fc1cc(Br)cn2ncnc12. The fourth-order valence-electron chi connectivity index (χ4n) is 0.855. The van der Waals surface area contributed by atoms with E-state index in [2.05, 4.69) is 26.0 Å². The maximum absolute atomic E-state index is 12.9. The van der Waals surface area contributed by atoms with Crippen LogP contribution in [0.15, 0.2) is 23.1 Å². The Morgan fingerprint density at radius 3 is 3.18 bits per heavy atom. The molecule has 0 unspecified atom stereocenters. The average Bonchev–Trinajstić information content (AvgIpc) is 2.34. The lowest BCUT2D eigenvalue weighted by Crippen LogP contribution is -1.89. The van der Waals surface area contributed by atoms with E-state index in [1.807, 2.05) is 0 Å². The van der Waals surface area contributed by atoms with Gasteiger partial charge in [-0.25, -0.2) is 13.9 Å². The maximum atomic E-state index is 12.9. The van der Waals surface area contributed by atoms with Crippen LogP contribution in [-0.2, 0) is 0 Å². The Morgan fingerprint density at radius 2 is 2.36 bits per heavy atom. The Hall–Kier alpha value is -0.970. The minimum atomic E-state index is -0.378. The van der Waals surface area contributed by atoms with Crippen molar-refractivity contribution in [2.75, 3.05) is 0 Å². The van der Waals surface area contributed by atoms with Crippen molar-refractivity contribution in [3.05, 3.63) is 28.9 Å². The summed E-state index contributed by atoms with van der Waals surface area (Å²) in [5.41, 5.74) is 0.244. The lowest BCUT2D eigenvalue weighted by atomic mass is 10.5. The van der Waals surface area contributed by atoms with Crippen LogP contribution in [0.4, 0.5) is 4.39 Å². The average molecular weight is 216 g/mol. The number of aromatic nitrogens is 3. The second-order valence-electron chi connectivity index (χ2n) is 2.03. The lowest BCUT2D eigenvalue weighted by Gasteiger charge is -1.93. The van der Waals surface area contributed by atoms with Crippen LogP contribution in [0.5, 0.6) is 0 Å². The molecule has 0 atom stereocenters. The molecule has 2 heterocycles. The van der Waals surface area contributed by atoms with Crippen LogP contribution in [0.2, 0.25) is 0 Å². The highest BCUT2D eigenvalue weighted by Gasteiger charge is 2.02. The Morgan fingerprint density at radius 1 is 1.55 bits per heavy atom. The Kier molecular flexibility index (Phi) is 1.38. The highest BCUT2D eigenvalue weighted by Crippen LogP contribution is 2.13. The molecule has 5 heteroatoms. The zero-order valence-corrected chi connectivity index (χ0v) is 6.92. The molecule has 2 aromatic rings. The molecule has 0 aliphatic carbocycles. The summed E-state index contributed by atoms with van der Waals surface area (Å²) in [6, 6.07) is 1.35. The van der Waals surface area contributed by atoms with Crippen molar-refractivity contribution < 1.29 is 4.39 Å². The highest BCUT2D eigenvalue weighted by atomic mass is 79.9. The van der Waals surface area contributed by atoms with Gasteiger partial charge in [-0.1, -0.05) is 0 Å². The van der Waals surface area contributed by atoms with Gasteiger partial charge in [0.2, 0.25) is 0 Å². The number of fused-ring (bicyclic) bond motifs is 1. The standard InChI is InChI=1S/C6H3BrFN3/c7-4-1-5(8)6-9-3-10-11(6)2-4/h1-3H. The molecule has 0 bridgehead atoms. The Balaban J connectivity index is 2.91. The first-order chi connectivity index (χ1) is 5.27. The molecule has 0 N–H and O–H groups in total. The van der Waals surface area contributed by atoms with E-state index < -0.39 is 0 Å². The monoisotopic (exact) mass is 215 g/mol. The summed E-state index contributed by atoms with van der Waals surface area (Å²) in [7, 11) is 0. The molecule has 0 fully saturated rings. The van der Waals surface area contributed by atoms with Crippen molar-refractivity contribution in [2.24, 2.45) is 0 Å². The van der Waals surface area contributed by atoms with Crippen LogP contribution < -0.4 is 0 Å². The van der Waals surface area contributed by atoms with E-state index in [1.54, 1.807) is 6.20 Å². The van der Waals surface area contributed by atoms with Crippen LogP contribution >= 0.6 is 15.9 Å². The molecule has 11 heavy (non-hydrogen) atoms. The van der Waals surface area contributed by atoms with Gasteiger partial charge in [0.25, 0.3) is 0 Å². The largest absolute Gasteiger partial charge is 0.217 e. The molecule has 0 saturated heterocycles. The Bertz CT molecular complexity index is 398. The second-order valence-corrected chi connectivity index (χ2v) is 2.95. The molecule has 56 valence electrons. The number of nitrogens with zero attached hydrogens (tertiary/aromatic N) is 3. The fraction of sp³-hybridized carbons (Fsp3) is 0. The van der Waals surface area contributed by atoms with E-state index in [9.17, 15) is 4.39 Å². The first kappa shape index (κ1) is 6.72. The second kappa shape index (κ2) is 2.27. The smallest absolute Gasteiger partial charge is 0.191 e. The molecule has 0 aliphatic rings. The van der Waals surface area contributed by atoms with E-state index in [-0.39, 0.29) is 11.5 Å². The van der Waals surface area contributed by atoms with Crippen molar-refractivity contribution >= 4 is 21.6 Å². The highest BCUT2D eigenvalue weighted by molar-refractivity contribution is 9.10. The topological polar surface area (TPSA) is 30.2 Å². The van der Waals surface area contributed by atoms with Crippen LogP contribution in [0, 0.1) is 5.82 Å². The van der Waals surface area contributed by atoms with E-state index in [0.717, 1.165) is 0 Å². The molecule has 2 aromatic heterocycles. The summed E-state index contributed by atoms with van der Waals surface area (Å²) in [5, 5.41) is 3.78. The molecule has 0 aromatic carbocycles. The molecule has 0 radical (unpaired) electrons. The van der Waals surface area contributed by atoms with Gasteiger partial charge in [0, 0.05) is 10.7 Å². The third-order valence-corrected chi connectivity index (χ3v) is 1.73. The first-order valence-electron chi connectivity index (χ1n) is 2.92. The number of halogens is 2. The zero-order chi connectivity index (χ0) is 7.84. The van der Waals surface area contributed by atoms with Gasteiger partial charge >= 0.3 is 0 Å². The third-order valence-electron chi connectivity index (χ3n) is 1.30. The molecule has 3 nitrogen and oxygen atoms in total. The van der Waals surface area contributed by atoms with Crippen molar-refractivity contribution in [3.63, 3.8) is 0 Å². The predicted molar refractivity (Wildman–Crippen MR) is 40.6 cm³/mol. The fourth-order valence-corrected chi connectivity index (χ4v) is 1.25. The lowest BCUT2D eigenvalue weighted by molar-refractivity contribution is 0.626. The minimum Gasteiger partial charge on any atom is -0.217 e. The zero-order valence-electron chi connectivity index (χ0n) is 5.33. The van der Waals surface area contributed by atoms with Gasteiger partial charge in [-0.15, -0.1) is 0 Å². The molecular formula is C6H3BrFN3. The van der Waals surface area contributed by atoms with Gasteiger partial charge in [0.1, 0.15) is 6.33 Å². The van der Waals surface area contributed by atoms with Crippen LogP contribution in [0.25, 0.3) is 5.65 Å². The van der Waals surface area contributed by atoms with Gasteiger partial charge in [0.15, 0.2) is 11.5 Å². The van der Waals surface area contributed by atoms with Crippen molar-refractivity contribution in [1.82, 2.24) is 14.6 Å². The van der Waals surface area contributed by atoms with Gasteiger partial charge in [0.05, 0.1) is 0 Å².